The van der Waals surface area contributed by atoms with E-state index in [9.17, 15) is 23.1 Å². The van der Waals surface area contributed by atoms with Crippen LogP contribution in [0.15, 0.2) is 11.0 Å². The van der Waals surface area contributed by atoms with Gasteiger partial charge < -0.3 is 20.7 Å². The minimum atomic E-state index is -2.25. The van der Waals surface area contributed by atoms with Gasteiger partial charge in [0.05, 0.1) is 12.8 Å². The number of ether oxygens (including phenoxy) is 1. The molecule has 0 spiro atoms. The number of aliphatic hydroxyl groups is 2. The van der Waals surface area contributed by atoms with Crippen LogP contribution < -0.4 is 11.4 Å². The Balaban J connectivity index is 2.45. The van der Waals surface area contributed by atoms with Gasteiger partial charge in [-0.1, -0.05) is 0 Å². The van der Waals surface area contributed by atoms with Gasteiger partial charge in [0.1, 0.15) is 12.8 Å². The van der Waals surface area contributed by atoms with Gasteiger partial charge in [0, 0.05) is 0 Å². The van der Waals surface area contributed by atoms with Crippen molar-refractivity contribution in [3.63, 3.8) is 0 Å². The molecule has 0 bridgehead atoms. The number of alkyl halides is 2. The van der Waals surface area contributed by atoms with E-state index in [-0.39, 0.29) is 0 Å². The third-order valence-electron chi connectivity index (χ3n) is 3.17. The third kappa shape index (κ3) is 2.05. The number of nitrogens with two attached hydrogens (primary N) is 1. The molecule has 0 saturated carbocycles. The predicted octanol–water partition coefficient (Wildman–Crippen LogP) is -1.11. The van der Waals surface area contributed by atoms with E-state index in [4.69, 9.17) is 15.6 Å². The van der Waals surface area contributed by atoms with E-state index in [1.165, 1.54) is 0 Å². The average molecular weight is 295 g/mol. The average Bonchev–Trinajstić information content (AvgIpc) is 2.68. The van der Waals surface area contributed by atoms with Crippen LogP contribution in [0.5, 0.6) is 0 Å². The number of rotatable bonds is 3. The van der Waals surface area contributed by atoms with Crippen LogP contribution in [-0.2, 0) is 4.74 Å². The maximum absolute atomic E-state index is 14.0. The summed E-state index contributed by atoms with van der Waals surface area (Å²) in [4.78, 5) is 14.6. The molecule has 2 heterocycles. The maximum Gasteiger partial charge on any atom is 0.351 e. The van der Waals surface area contributed by atoms with Gasteiger partial charge in [0.2, 0.25) is 0 Å². The molecule has 20 heavy (non-hydrogen) atoms. The fourth-order valence-electron chi connectivity index (χ4n) is 1.96. The highest BCUT2D eigenvalue weighted by atomic mass is 19.1. The van der Waals surface area contributed by atoms with Gasteiger partial charge in [0.15, 0.2) is 29.6 Å². The number of aliphatic hydroxyl groups excluding tert-OH is 2. The number of anilines is 1. The summed E-state index contributed by atoms with van der Waals surface area (Å²) in [5, 5.41) is 18.6. The first-order chi connectivity index (χ1) is 9.36. The van der Waals surface area contributed by atoms with Crippen LogP contribution in [-0.4, -0.2) is 50.9 Å². The summed E-state index contributed by atoms with van der Waals surface area (Å²) in [6.45, 7) is -2.40. The number of nitrogens with zero attached hydrogens (tertiary/aromatic N) is 2. The first kappa shape index (κ1) is 14.8. The highest BCUT2D eigenvalue weighted by Gasteiger charge is 2.56. The van der Waals surface area contributed by atoms with Crippen molar-refractivity contribution in [2.75, 3.05) is 19.0 Å². The first-order valence-corrected chi connectivity index (χ1v) is 5.57. The Morgan fingerprint density at radius 3 is 2.75 bits per heavy atom. The topological polar surface area (TPSA) is 111 Å². The molecule has 7 nitrogen and oxygen atoms in total. The lowest BCUT2D eigenvalue weighted by molar-refractivity contribution is -0.138. The molecule has 10 heteroatoms. The van der Waals surface area contributed by atoms with Crippen LogP contribution in [0.3, 0.4) is 0 Å². The third-order valence-corrected chi connectivity index (χ3v) is 3.17. The second-order valence-electron chi connectivity index (χ2n) is 4.42. The molecule has 2 rings (SSSR count). The zero-order valence-corrected chi connectivity index (χ0v) is 10.0. The Morgan fingerprint density at radius 2 is 2.25 bits per heavy atom. The Bertz CT molecular complexity index is 563. The molecule has 0 amide bonds. The molecule has 1 aromatic rings. The van der Waals surface area contributed by atoms with E-state index in [1.54, 1.807) is 0 Å². The molecule has 0 radical (unpaired) electrons. The number of halogens is 3. The van der Waals surface area contributed by atoms with Crippen LogP contribution in [0.2, 0.25) is 0 Å². The van der Waals surface area contributed by atoms with Crippen LogP contribution in [0.1, 0.15) is 6.23 Å². The molecule has 112 valence electrons. The summed E-state index contributed by atoms with van der Waals surface area (Å²) in [6, 6.07) is 0. The van der Waals surface area contributed by atoms with Gasteiger partial charge in [0.25, 0.3) is 0 Å². The van der Waals surface area contributed by atoms with E-state index < -0.39 is 54.7 Å². The van der Waals surface area contributed by atoms with Crippen molar-refractivity contribution in [2.24, 2.45) is 0 Å². The van der Waals surface area contributed by atoms with Crippen LogP contribution in [0, 0.1) is 5.82 Å². The molecule has 1 aromatic heterocycles. The van der Waals surface area contributed by atoms with Gasteiger partial charge in [-0.15, -0.1) is 0 Å². The summed E-state index contributed by atoms with van der Waals surface area (Å²) < 4.78 is 45.4. The van der Waals surface area contributed by atoms with Crippen molar-refractivity contribution in [3.8, 4) is 0 Å². The monoisotopic (exact) mass is 295 g/mol. The SMILES string of the molecule is Nc1nc(=O)n(C2O[C@@](CO)(CF)[C@@H](O)[C@@H]2F)cc1F. The van der Waals surface area contributed by atoms with Crippen LogP contribution >= 0.6 is 0 Å². The summed E-state index contributed by atoms with van der Waals surface area (Å²) in [5.41, 5.74) is 1.74. The van der Waals surface area contributed by atoms with Crippen molar-refractivity contribution in [1.29, 1.82) is 0 Å². The van der Waals surface area contributed by atoms with Crippen LogP contribution in [0.4, 0.5) is 19.0 Å². The molecule has 4 atom stereocenters. The molecule has 1 fully saturated rings. The first-order valence-electron chi connectivity index (χ1n) is 5.57. The normalized spacial score (nSPS) is 33.5. The summed E-state index contributed by atoms with van der Waals surface area (Å²) in [7, 11) is 0. The molecule has 0 aromatic carbocycles. The van der Waals surface area contributed by atoms with Gasteiger partial charge in [-0.05, 0) is 0 Å². The predicted molar refractivity (Wildman–Crippen MR) is 59.7 cm³/mol. The summed E-state index contributed by atoms with van der Waals surface area (Å²) in [6.07, 6.45) is -5.54. The summed E-state index contributed by atoms with van der Waals surface area (Å²) in [5.74, 6) is -1.78. The fourth-order valence-corrected chi connectivity index (χ4v) is 1.96. The van der Waals surface area contributed by atoms with Crippen molar-refractivity contribution >= 4 is 5.82 Å². The standard InChI is InChI=1S/C10H12F3N3O4/c11-2-10(3-17)6(18)5(13)8(20-10)16-1-4(12)7(14)15-9(16)19/h1,5-6,8,17-18H,2-3H2,(H2,14,15,19)/t5-,6-,8?,10+/m0/s1. The Morgan fingerprint density at radius 1 is 1.60 bits per heavy atom. The van der Waals surface area contributed by atoms with E-state index in [0.717, 1.165) is 0 Å². The number of hydrogen-bond acceptors (Lipinski definition) is 6. The van der Waals surface area contributed by atoms with Crippen molar-refractivity contribution in [3.05, 3.63) is 22.5 Å². The van der Waals surface area contributed by atoms with E-state index in [2.05, 4.69) is 4.98 Å². The molecular weight excluding hydrogens is 283 g/mol. The van der Waals surface area contributed by atoms with Crippen molar-refractivity contribution in [1.82, 2.24) is 9.55 Å². The van der Waals surface area contributed by atoms with Gasteiger partial charge in [-0.2, -0.15) is 4.98 Å². The van der Waals surface area contributed by atoms with Crippen molar-refractivity contribution in [2.45, 2.75) is 24.1 Å². The Kier molecular flexibility index (Phi) is 3.71. The quantitative estimate of drug-likeness (QED) is 0.652. The maximum atomic E-state index is 14.0. The minimum Gasteiger partial charge on any atom is -0.393 e. The van der Waals surface area contributed by atoms with E-state index in [0.29, 0.717) is 10.8 Å². The zero-order chi connectivity index (χ0) is 15.1. The zero-order valence-electron chi connectivity index (χ0n) is 10.0. The fraction of sp³-hybridized carbons (Fsp3) is 0.600. The second kappa shape index (κ2) is 5.04. The van der Waals surface area contributed by atoms with Gasteiger partial charge in [-0.25, -0.2) is 18.0 Å². The van der Waals surface area contributed by atoms with Crippen molar-refractivity contribution < 1.29 is 28.1 Å². The van der Waals surface area contributed by atoms with Gasteiger partial charge in [-0.3, -0.25) is 4.57 Å². The number of hydrogen-bond donors (Lipinski definition) is 3. The second-order valence-corrected chi connectivity index (χ2v) is 4.42. The molecule has 1 aliphatic heterocycles. The lowest BCUT2D eigenvalue weighted by atomic mass is 9.98. The highest BCUT2D eigenvalue weighted by molar-refractivity contribution is 5.26. The number of aromatic nitrogens is 2. The summed E-state index contributed by atoms with van der Waals surface area (Å²) >= 11 is 0. The lowest BCUT2D eigenvalue weighted by Crippen LogP contribution is -2.47. The largest absolute Gasteiger partial charge is 0.393 e. The van der Waals surface area contributed by atoms with E-state index >= 15 is 0 Å². The lowest BCUT2D eigenvalue weighted by Gasteiger charge is -2.26. The molecular formula is C10H12F3N3O4. The van der Waals surface area contributed by atoms with E-state index in [1.807, 2.05) is 0 Å². The van der Waals surface area contributed by atoms with Gasteiger partial charge >= 0.3 is 5.69 Å². The molecule has 1 saturated heterocycles. The highest BCUT2D eigenvalue weighted by Crippen LogP contribution is 2.38. The number of nitrogen functional groups attached to an aromatic ring is 1. The smallest absolute Gasteiger partial charge is 0.351 e. The Hall–Kier alpha value is -1.65. The molecule has 0 aliphatic carbocycles. The van der Waals surface area contributed by atoms with Crippen LogP contribution in [0.25, 0.3) is 0 Å². The minimum absolute atomic E-state index is 0.409. The molecule has 1 unspecified atom stereocenters. The molecule has 1 aliphatic rings. The Labute approximate surface area is 110 Å². The molecule has 4 N–H and O–H groups in total.